The number of nitrogens with one attached hydrogen (secondary N) is 3. The Hall–Kier alpha value is -2.61. The van der Waals surface area contributed by atoms with Crippen molar-refractivity contribution in [2.24, 2.45) is 5.92 Å². The molecule has 8 heteroatoms. The molecule has 140 valence electrons. The lowest BCUT2D eigenvalue weighted by Gasteiger charge is -2.38. The van der Waals surface area contributed by atoms with Gasteiger partial charge in [-0.1, -0.05) is 13.8 Å². The van der Waals surface area contributed by atoms with Gasteiger partial charge in [0.05, 0.1) is 17.1 Å². The van der Waals surface area contributed by atoms with Gasteiger partial charge in [0, 0.05) is 37.8 Å². The number of piperazine rings is 1. The van der Waals surface area contributed by atoms with Crippen LogP contribution in [0.1, 0.15) is 20.8 Å². The molecule has 3 rings (SSSR count). The molecule has 1 unspecified atom stereocenters. The largest absolute Gasteiger partial charge is 0.340 e. The molecule has 0 bridgehead atoms. The van der Waals surface area contributed by atoms with E-state index in [1.807, 2.05) is 25.7 Å². The minimum atomic E-state index is -0.299. The highest BCUT2D eigenvalue weighted by Gasteiger charge is 2.28. The monoisotopic (exact) mass is 359 g/mol. The van der Waals surface area contributed by atoms with Crippen LogP contribution in [0.4, 0.5) is 5.69 Å². The molecule has 2 aromatic rings. The standard InChI is InChI=1S/C18H25N5O3/c1-11(2)17(25)23-8-6-22(7-9-23)12(3)16(24)19-13-4-5-14-15(10-13)21-18(26)20-14/h4-5,10-12H,6-9H2,1-3H3,(H,19,24)(H2,20,21,26). The zero-order valence-electron chi connectivity index (χ0n) is 15.3. The van der Waals surface area contributed by atoms with Crippen LogP contribution < -0.4 is 11.0 Å². The van der Waals surface area contributed by atoms with Gasteiger partial charge in [0.15, 0.2) is 0 Å². The summed E-state index contributed by atoms with van der Waals surface area (Å²) in [6.07, 6.45) is 0. The van der Waals surface area contributed by atoms with E-state index in [4.69, 9.17) is 0 Å². The van der Waals surface area contributed by atoms with Crippen LogP contribution in [0.15, 0.2) is 23.0 Å². The normalized spacial score (nSPS) is 16.8. The Morgan fingerprint density at radius 2 is 1.69 bits per heavy atom. The molecule has 1 atom stereocenters. The van der Waals surface area contributed by atoms with E-state index in [0.717, 1.165) is 0 Å². The van der Waals surface area contributed by atoms with Gasteiger partial charge in [-0.05, 0) is 25.1 Å². The van der Waals surface area contributed by atoms with E-state index >= 15 is 0 Å². The van der Waals surface area contributed by atoms with Gasteiger partial charge in [-0.15, -0.1) is 0 Å². The molecule has 1 aliphatic rings. The maximum Gasteiger partial charge on any atom is 0.323 e. The van der Waals surface area contributed by atoms with E-state index in [-0.39, 0.29) is 29.5 Å². The Balaban J connectivity index is 1.59. The highest BCUT2D eigenvalue weighted by molar-refractivity contribution is 5.96. The fourth-order valence-electron chi connectivity index (χ4n) is 3.22. The molecule has 1 aromatic carbocycles. The zero-order chi connectivity index (χ0) is 18.8. The average molecular weight is 359 g/mol. The fourth-order valence-corrected chi connectivity index (χ4v) is 3.22. The molecule has 0 spiro atoms. The second-order valence-corrected chi connectivity index (χ2v) is 7.02. The molecule has 1 aromatic heterocycles. The number of imidazole rings is 1. The molecule has 1 saturated heterocycles. The maximum absolute atomic E-state index is 12.6. The number of benzene rings is 1. The number of carbonyl (C=O) groups excluding carboxylic acids is 2. The number of aromatic amines is 2. The number of H-pyrrole nitrogens is 2. The first kappa shape index (κ1) is 18.2. The number of amides is 2. The molecule has 0 aliphatic carbocycles. The lowest BCUT2D eigenvalue weighted by molar-refractivity contribution is -0.136. The highest BCUT2D eigenvalue weighted by Crippen LogP contribution is 2.16. The topological polar surface area (TPSA) is 101 Å². The van der Waals surface area contributed by atoms with Crippen LogP contribution >= 0.6 is 0 Å². The first-order valence-electron chi connectivity index (χ1n) is 8.91. The lowest BCUT2D eigenvalue weighted by Crippen LogP contribution is -2.54. The summed E-state index contributed by atoms with van der Waals surface area (Å²) in [5.41, 5.74) is 1.72. The van der Waals surface area contributed by atoms with E-state index in [9.17, 15) is 14.4 Å². The van der Waals surface area contributed by atoms with Gasteiger partial charge in [-0.25, -0.2) is 4.79 Å². The number of rotatable bonds is 4. The Kier molecular flexibility index (Phi) is 5.13. The summed E-state index contributed by atoms with van der Waals surface area (Å²) < 4.78 is 0. The number of hydrogen-bond acceptors (Lipinski definition) is 4. The van der Waals surface area contributed by atoms with Crippen molar-refractivity contribution in [3.63, 3.8) is 0 Å². The Morgan fingerprint density at radius 3 is 2.35 bits per heavy atom. The minimum Gasteiger partial charge on any atom is -0.340 e. The SMILES string of the molecule is CC(C)C(=O)N1CCN(C(C)C(=O)Nc2ccc3[nH]c(=O)[nH]c3c2)CC1. The van der Waals surface area contributed by atoms with Crippen molar-refractivity contribution in [1.29, 1.82) is 0 Å². The van der Waals surface area contributed by atoms with Crippen molar-refractivity contribution >= 4 is 28.5 Å². The van der Waals surface area contributed by atoms with Crippen LogP contribution in [0.25, 0.3) is 11.0 Å². The number of carbonyl (C=O) groups is 2. The summed E-state index contributed by atoms with van der Waals surface area (Å²) in [4.78, 5) is 45.2. The van der Waals surface area contributed by atoms with E-state index in [0.29, 0.717) is 42.9 Å². The summed E-state index contributed by atoms with van der Waals surface area (Å²) in [6.45, 7) is 8.31. The predicted molar refractivity (Wildman–Crippen MR) is 100 cm³/mol. The fraction of sp³-hybridized carbons (Fsp3) is 0.500. The number of hydrogen-bond donors (Lipinski definition) is 3. The molecule has 8 nitrogen and oxygen atoms in total. The second-order valence-electron chi connectivity index (χ2n) is 7.02. The van der Waals surface area contributed by atoms with E-state index in [1.165, 1.54) is 0 Å². The van der Waals surface area contributed by atoms with Crippen molar-refractivity contribution in [2.45, 2.75) is 26.8 Å². The van der Waals surface area contributed by atoms with Crippen LogP contribution in [0.2, 0.25) is 0 Å². The summed E-state index contributed by atoms with van der Waals surface area (Å²) >= 11 is 0. The minimum absolute atomic E-state index is 0.00272. The van der Waals surface area contributed by atoms with Crippen molar-refractivity contribution < 1.29 is 9.59 Å². The molecule has 26 heavy (non-hydrogen) atoms. The molecule has 0 saturated carbocycles. The lowest BCUT2D eigenvalue weighted by atomic mass is 10.1. The van der Waals surface area contributed by atoms with Gasteiger partial charge in [0.2, 0.25) is 11.8 Å². The van der Waals surface area contributed by atoms with Crippen LogP contribution in [-0.2, 0) is 9.59 Å². The molecule has 1 aliphatic heterocycles. The third-order valence-corrected chi connectivity index (χ3v) is 4.83. The smallest absolute Gasteiger partial charge is 0.323 e. The van der Waals surface area contributed by atoms with Gasteiger partial charge in [-0.3, -0.25) is 14.5 Å². The molecule has 0 radical (unpaired) electrons. The van der Waals surface area contributed by atoms with Crippen LogP contribution in [-0.4, -0.2) is 63.8 Å². The van der Waals surface area contributed by atoms with E-state index < -0.39 is 0 Å². The number of aromatic nitrogens is 2. The highest BCUT2D eigenvalue weighted by atomic mass is 16.2. The molecule has 2 amide bonds. The summed E-state index contributed by atoms with van der Waals surface area (Å²) in [7, 11) is 0. The first-order chi connectivity index (χ1) is 12.3. The van der Waals surface area contributed by atoms with Crippen LogP contribution in [0.5, 0.6) is 0 Å². The van der Waals surface area contributed by atoms with E-state index in [2.05, 4.69) is 20.2 Å². The summed E-state index contributed by atoms with van der Waals surface area (Å²) in [5, 5.41) is 2.90. The van der Waals surface area contributed by atoms with Crippen molar-refractivity contribution in [2.75, 3.05) is 31.5 Å². The molecule has 2 heterocycles. The van der Waals surface area contributed by atoms with Crippen molar-refractivity contribution in [1.82, 2.24) is 19.8 Å². The molecule has 3 N–H and O–H groups in total. The Morgan fingerprint density at radius 1 is 1.04 bits per heavy atom. The van der Waals surface area contributed by atoms with Gasteiger partial charge >= 0.3 is 5.69 Å². The quantitative estimate of drug-likeness (QED) is 0.757. The van der Waals surface area contributed by atoms with Gasteiger partial charge in [0.25, 0.3) is 0 Å². The number of anilines is 1. The average Bonchev–Trinajstić information content (AvgIpc) is 2.99. The zero-order valence-corrected chi connectivity index (χ0v) is 15.3. The van der Waals surface area contributed by atoms with Crippen molar-refractivity contribution in [3.05, 3.63) is 28.7 Å². The molecule has 1 fully saturated rings. The molecular formula is C18H25N5O3. The second kappa shape index (κ2) is 7.33. The number of fused-ring (bicyclic) bond motifs is 1. The third-order valence-electron chi connectivity index (χ3n) is 4.83. The Labute approximate surface area is 151 Å². The number of nitrogens with zero attached hydrogens (tertiary/aromatic N) is 2. The summed E-state index contributed by atoms with van der Waals surface area (Å²) in [6, 6.07) is 4.95. The first-order valence-corrected chi connectivity index (χ1v) is 8.91. The Bertz CT molecular complexity index is 861. The summed E-state index contributed by atoms with van der Waals surface area (Å²) in [5.74, 6) is 0.0542. The third kappa shape index (κ3) is 3.80. The maximum atomic E-state index is 12.6. The predicted octanol–water partition coefficient (Wildman–Crippen LogP) is 0.983. The van der Waals surface area contributed by atoms with Gasteiger partial charge < -0.3 is 20.2 Å². The molecular weight excluding hydrogens is 334 g/mol. The van der Waals surface area contributed by atoms with Crippen LogP contribution in [0.3, 0.4) is 0 Å². The van der Waals surface area contributed by atoms with Gasteiger partial charge in [0.1, 0.15) is 0 Å². The van der Waals surface area contributed by atoms with E-state index in [1.54, 1.807) is 18.2 Å². The van der Waals surface area contributed by atoms with Crippen molar-refractivity contribution in [3.8, 4) is 0 Å². The van der Waals surface area contributed by atoms with Gasteiger partial charge in [-0.2, -0.15) is 0 Å². The van der Waals surface area contributed by atoms with Crippen LogP contribution in [0, 0.1) is 5.92 Å².